The van der Waals surface area contributed by atoms with Crippen molar-refractivity contribution in [1.29, 1.82) is 0 Å². The summed E-state index contributed by atoms with van der Waals surface area (Å²) in [6, 6.07) is 22.0. The fraction of sp³-hybridized carbons (Fsp3) is 0.200. The molecule has 0 bridgehead atoms. The quantitative estimate of drug-likeness (QED) is 0.263. The predicted octanol–water partition coefficient (Wildman–Crippen LogP) is 6.46. The molecule has 0 radical (unpaired) electrons. The highest BCUT2D eigenvalue weighted by Crippen LogP contribution is 2.44. The van der Waals surface area contributed by atoms with E-state index in [2.05, 4.69) is 10.2 Å². The number of hydrogen-bond acceptors (Lipinski definition) is 5. The molecule has 39 heavy (non-hydrogen) atoms. The molecule has 3 aromatic carbocycles. The van der Waals surface area contributed by atoms with Crippen LogP contribution in [0.5, 0.6) is 0 Å². The lowest BCUT2D eigenvalue weighted by Crippen LogP contribution is -2.33. The number of hydrazone groups is 1. The van der Waals surface area contributed by atoms with E-state index in [9.17, 15) is 13.6 Å². The molecule has 2 heterocycles. The minimum Gasteiger partial charge on any atom is -0.277 e. The maximum Gasteiger partial charge on any atom is 0.253 e. The zero-order valence-electron chi connectivity index (χ0n) is 21.0. The van der Waals surface area contributed by atoms with E-state index >= 15 is 0 Å². The fourth-order valence-electron chi connectivity index (χ4n) is 5.24. The minimum atomic E-state index is -0.336. The highest BCUT2D eigenvalue weighted by molar-refractivity contribution is 7.99. The number of nitrogens with zero attached hydrogens (tertiary/aromatic N) is 5. The van der Waals surface area contributed by atoms with Gasteiger partial charge in [0.15, 0.2) is 5.16 Å². The van der Waals surface area contributed by atoms with Crippen molar-refractivity contribution < 1.29 is 13.6 Å². The lowest BCUT2D eigenvalue weighted by molar-refractivity contribution is -0.130. The Kier molecular flexibility index (Phi) is 7.06. The Hall–Kier alpha value is -4.11. The van der Waals surface area contributed by atoms with Gasteiger partial charge in [0, 0.05) is 11.6 Å². The Labute approximate surface area is 229 Å². The minimum absolute atomic E-state index is 0.0159. The first-order chi connectivity index (χ1) is 19.1. The van der Waals surface area contributed by atoms with Crippen LogP contribution in [-0.2, 0) is 4.79 Å². The molecule has 0 N–H and O–H groups in total. The molecule has 1 aliphatic heterocycles. The second-order valence-corrected chi connectivity index (χ2v) is 10.5. The molecule has 6 nitrogen and oxygen atoms in total. The third-order valence-corrected chi connectivity index (χ3v) is 7.98. The standard InChI is InChI=1S/C30H25F2N5OS/c31-23-13-9-20(10-14-23)17-22-5-4-8-26-28(22)35-37(29(26)21-11-15-24(32)16-12-21)27(38)18-39-30-34-33-19-36(30)25-6-2-1-3-7-25/h1-3,6-7,9-17,19,26,29H,4-5,8,18H2/b22-17-/t26-,29-/m1/s1. The molecule has 2 aliphatic rings. The van der Waals surface area contributed by atoms with E-state index < -0.39 is 0 Å². The molecule has 1 saturated carbocycles. The SMILES string of the molecule is O=C(CSc1nncn1-c1ccccc1)N1N=C2/C(=C\c3ccc(F)cc3)CCC[C@H]2[C@H]1c1ccc(F)cc1. The van der Waals surface area contributed by atoms with Crippen molar-refractivity contribution in [2.45, 2.75) is 30.5 Å². The molecule has 0 saturated heterocycles. The number of carbonyl (C=O) groups excluding carboxylic acids is 1. The van der Waals surface area contributed by atoms with Gasteiger partial charge in [-0.15, -0.1) is 10.2 Å². The molecule has 6 rings (SSSR count). The normalized spacial score (nSPS) is 19.7. The van der Waals surface area contributed by atoms with Gasteiger partial charge in [0.1, 0.15) is 18.0 Å². The summed E-state index contributed by atoms with van der Waals surface area (Å²) in [7, 11) is 0. The third-order valence-electron chi connectivity index (χ3n) is 7.06. The molecule has 0 unspecified atom stereocenters. The summed E-state index contributed by atoms with van der Waals surface area (Å²) in [4.78, 5) is 13.7. The number of benzene rings is 3. The number of fused-ring (bicyclic) bond motifs is 1. The van der Waals surface area contributed by atoms with Crippen LogP contribution in [0.3, 0.4) is 0 Å². The molecule has 196 valence electrons. The van der Waals surface area contributed by atoms with Crippen LogP contribution >= 0.6 is 11.8 Å². The lowest BCUT2D eigenvalue weighted by Gasteiger charge is -2.29. The highest BCUT2D eigenvalue weighted by atomic mass is 32.2. The largest absolute Gasteiger partial charge is 0.277 e. The van der Waals surface area contributed by atoms with Gasteiger partial charge in [0.2, 0.25) is 0 Å². The van der Waals surface area contributed by atoms with Crippen LogP contribution in [0.15, 0.2) is 101 Å². The van der Waals surface area contributed by atoms with Crippen LogP contribution in [0.4, 0.5) is 8.78 Å². The molecule has 9 heteroatoms. The van der Waals surface area contributed by atoms with Crippen LogP contribution in [-0.4, -0.2) is 37.1 Å². The molecule has 1 fully saturated rings. The van der Waals surface area contributed by atoms with Crippen LogP contribution in [0, 0.1) is 17.6 Å². The number of para-hydroxylation sites is 1. The van der Waals surface area contributed by atoms with Crippen LogP contribution in [0.25, 0.3) is 11.8 Å². The topological polar surface area (TPSA) is 63.4 Å². The van der Waals surface area contributed by atoms with Gasteiger partial charge < -0.3 is 0 Å². The van der Waals surface area contributed by atoms with E-state index in [1.165, 1.54) is 36.0 Å². The van der Waals surface area contributed by atoms with Crippen LogP contribution in [0.1, 0.15) is 36.4 Å². The number of rotatable bonds is 6. The van der Waals surface area contributed by atoms with E-state index in [-0.39, 0.29) is 35.3 Å². The molecule has 1 aliphatic carbocycles. The molecule has 1 amide bonds. The second kappa shape index (κ2) is 10.9. The van der Waals surface area contributed by atoms with E-state index in [1.54, 1.807) is 35.6 Å². The summed E-state index contributed by atoms with van der Waals surface area (Å²) in [6.45, 7) is 0. The number of allylic oxidation sites excluding steroid dienone is 1. The number of aromatic nitrogens is 3. The monoisotopic (exact) mass is 541 g/mol. The summed E-state index contributed by atoms with van der Waals surface area (Å²) >= 11 is 1.30. The highest BCUT2D eigenvalue weighted by Gasteiger charge is 2.43. The zero-order valence-corrected chi connectivity index (χ0v) is 21.8. The average Bonchev–Trinajstić information content (AvgIpc) is 3.60. The molecule has 1 aromatic heterocycles. The molecular weight excluding hydrogens is 516 g/mol. The second-order valence-electron chi connectivity index (χ2n) is 9.55. The van der Waals surface area contributed by atoms with Crippen molar-refractivity contribution in [1.82, 2.24) is 19.8 Å². The first kappa shape index (κ1) is 25.2. The van der Waals surface area contributed by atoms with E-state index in [0.717, 1.165) is 47.4 Å². The first-order valence-corrected chi connectivity index (χ1v) is 13.8. The molecule has 2 atom stereocenters. The van der Waals surface area contributed by atoms with Crippen LogP contribution < -0.4 is 0 Å². The van der Waals surface area contributed by atoms with E-state index in [0.29, 0.717) is 5.16 Å². The lowest BCUT2D eigenvalue weighted by atomic mass is 9.77. The molecular formula is C30H25F2N5OS. The third kappa shape index (κ3) is 5.27. The molecule has 4 aromatic rings. The van der Waals surface area contributed by atoms with Crippen molar-refractivity contribution in [2.75, 3.05) is 5.75 Å². The summed E-state index contributed by atoms with van der Waals surface area (Å²) < 4.78 is 29.1. The van der Waals surface area contributed by atoms with Crippen molar-refractivity contribution in [3.8, 4) is 5.69 Å². The van der Waals surface area contributed by atoms with E-state index in [4.69, 9.17) is 5.10 Å². The molecule has 0 spiro atoms. The summed E-state index contributed by atoms with van der Waals surface area (Å²) in [5, 5.41) is 15.3. The average molecular weight is 542 g/mol. The van der Waals surface area contributed by atoms with Crippen molar-refractivity contribution in [3.63, 3.8) is 0 Å². The number of hydrogen-bond donors (Lipinski definition) is 0. The number of thioether (sulfide) groups is 1. The Morgan fingerprint density at radius 3 is 2.44 bits per heavy atom. The summed E-state index contributed by atoms with van der Waals surface area (Å²) in [5.41, 5.74) is 4.54. The van der Waals surface area contributed by atoms with Gasteiger partial charge in [-0.2, -0.15) is 5.10 Å². The Bertz CT molecular complexity index is 1530. The number of carbonyl (C=O) groups is 1. The zero-order chi connectivity index (χ0) is 26.8. The van der Waals surface area contributed by atoms with Gasteiger partial charge in [-0.05, 0) is 78.4 Å². The van der Waals surface area contributed by atoms with Gasteiger partial charge >= 0.3 is 0 Å². The smallest absolute Gasteiger partial charge is 0.253 e. The maximum atomic E-state index is 13.8. The van der Waals surface area contributed by atoms with Gasteiger partial charge in [-0.3, -0.25) is 9.36 Å². The van der Waals surface area contributed by atoms with Gasteiger partial charge in [0.25, 0.3) is 5.91 Å². The number of halogens is 2. The Balaban J connectivity index is 1.30. The Morgan fingerprint density at radius 1 is 0.974 bits per heavy atom. The van der Waals surface area contributed by atoms with Gasteiger partial charge in [-0.25, -0.2) is 13.8 Å². The van der Waals surface area contributed by atoms with Gasteiger partial charge in [0.05, 0.1) is 17.5 Å². The maximum absolute atomic E-state index is 13.8. The van der Waals surface area contributed by atoms with Gasteiger partial charge in [-0.1, -0.05) is 54.2 Å². The van der Waals surface area contributed by atoms with Crippen molar-refractivity contribution >= 4 is 29.5 Å². The summed E-state index contributed by atoms with van der Waals surface area (Å²) in [6.07, 6.45) is 6.27. The number of amides is 1. The Morgan fingerprint density at radius 2 is 1.69 bits per heavy atom. The van der Waals surface area contributed by atoms with Crippen LogP contribution in [0.2, 0.25) is 0 Å². The first-order valence-electron chi connectivity index (χ1n) is 12.8. The van der Waals surface area contributed by atoms with E-state index in [1.807, 2.05) is 41.0 Å². The van der Waals surface area contributed by atoms with Crippen molar-refractivity contribution in [2.24, 2.45) is 11.0 Å². The summed E-state index contributed by atoms with van der Waals surface area (Å²) in [5.74, 6) is -0.681. The fourth-order valence-corrected chi connectivity index (χ4v) is 6.02. The predicted molar refractivity (Wildman–Crippen MR) is 147 cm³/mol. The van der Waals surface area contributed by atoms with Crippen molar-refractivity contribution in [3.05, 3.63) is 114 Å².